The van der Waals surface area contributed by atoms with Crippen LogP contribution in [0.2, 0.25) is 0 Å². The highest BCUT2D eigenvalue weighted by Gasteiger charge is 2.04. The second-order valence-electron chi connectivity index (χ2n) is 4.53. The monoisotopic (exact) mass is 384 g/mol. The molecule has 0 unspecified atom stereocenters. The number of hydrogen-bond acceptors (Lipinski definition) is 2. The third kappa shape index (κ3) is 5.77. The molecule has 0 heterocycles. The molecular formula is C16H24Cl4N2. The van der Waals surface area contributed by atoms with Gasteiger partial charge in [-0.2, -0.15) is 0 Å². The number of halogens is 4. The summed E-state index contributed by atoms with van der Waals surface area (Å²) in [7, 11) is 0. The quantitative estimate of drug-likeness (QED) is 0.701. The van der Waals surface area contributed by atoms with Crippen LogP contribution in [0, 0.1) is 0 Å². The molecule has 0 aliphatic rings. The fourth-order valence-electron chi connectivity index (χ4n) is 2.18. The molecule has 0 amide bonds. The van der Waals surface area contributed by atoms with Gasteiger partial charge in [-0.15, -0.1) is 49.6 Å². The second kappa shape index (κ2) is 11.7. The fourth-order valence-corrected chi connectivity index (χ4v) is 2.18. The first-order valence-corrected chi connectivity index (χ1v) is 6.42. The lowest BCUT2D eigenvalue weighted by Crippen LogP contribution is -1.95. The molecule has 0 saturated carbocycles. The number of nitrogens with two attached hydrogens (primary N) is 2. The third-order valence-corrected chi connectivity index (χ3v) is 3.38. The Balaban J connectivity index is -0.000000902. The molecule has 0 radical (unpaired) electrons. The van der Waals surface area contributed by atoms with Crippen molar-refractivity contribution >= 4 is 61.0 Å². The van der Waals surface area contributed by atoms with E-state index in [4.69, 9.17) is 11.5 Å². The summed E-state index contributed by atoms with van der Waals surface area (Å²) < 4.78 is 0. The van der Waals surface area contributed by atoms with Crippen molar-refractivity contribution in [2.45, 2.75) is 26.7 Å². The smallest absolute Gasteiger partial charge is 0.0346 e. The first-order valence-electron chi connectivity index (χ1n) is 6.42. The second-order valence-corrected chi connectivity index (χ2v) is 4.53. The van der Waals surface area contributed by atoms with Crippen molar-refractivity contribution in [1.29, 1.82) is 0 Å². The number of rotatable bonds is 3. The molecule has 0 atom stereocenters. The van der Waals surface area contributed by atoms with E-state index in [1.165, 1.54) is 22.3 Å². The predicted molar refractivity (Wildman–Crippen MR) is 108 cm³/mol. The van der Waals surface area contributed by atoms with Crippen molar-refractivity contribution in [1.82, 2.24) is 0 Å². The fraction of sp³-hybridized carbons (Fsp3) is 0.250. The molecule has 4 N–H and O–H groups in total. The van der Waals surface area contributed by atoms with Gasteiger partial charge in [0.2, 0.25) is 0 Å². The van der Waals surface area contributed by atoms with Crippen molar-refractivity contribution in [3.8, 4) is 11.1 Å². The summed E-state index contributed by atoms with van der Waals surface area (Å²) >= 11 is 0. The van der Waals surface area contributed by atoms with Crippen LogP contribution in [0.5, 0.6) is 0 Å². The van der Waals surface area contributed by atoms with Gasteiger partial charge in [0.1, 0.15) is 0 Å². The van der Waals surface area contributed by atoms with E-state index in [1.807, 2.05) is 12.1 Å². The summed E-state index contributed by atoms with van der Waals surface area (Å²) in [6.07, 6.45) is 1.91. The van der Waals surface area contributed by atoms with E-state index < -0.39 is 0 Å². The standard InChI is InChI=1S/C16H20N2.4ClH/c1-3-11-9-13(5-7-15(11)17)14-6-8-16(18)12(4-2)10-14;;;;/h5-10H,3-4,17-18H2,1-2H3;4*1H. The van der Waals surface area contributed by atoms with Crippen LogP contribution < -0.4 is 11.5 Å². The molecule has 0 spiro atoms. The van der Waals surface area contributed by atoms with E-state index in [0.29, 0.717) is 0 Å². The molecule has 126 valence electrons. The predicted octanol–water partition coefficient (Wildman–Crippen LogP) is 5.33. The average Bonchev–Trinajstić information content (AvgIpc) is 2.40. The molecule has 0 aromatic heterocycles. The molecule has 0 saturated heterocycles. The van der Waals surface area contributed by atoms with Crippen molar-refractivity contribution in [3.63, 3.8) is 0 Å². The van der Waals surface area contributed by atoms with Gasteiger partial charge >= 0.3 is 0 Å². The van der Waals surface area contributed by atoms with Gasteiger partial charge in [-0.1, -0.05) is 26.0 Å². The Morgan fingerprint density at radius 1 is 0.636 bits per heavy atom. The van der Waals surface area contributed by atoms with Crippen LogP contribution >= 0.6 is 49.6 Å². The Hall–Kier alpha value is -0.800. The van der Waals surface area contributed by atoms with Crippen LogP contribution in [0.15, 0.2) is 36.4 Å². The van der Waals surface area contributed by atoms with E-state index in [0.717, 1.165) is 24.2 Å². The summed E-state index contributed by atoms with van der Waals surface area (Å²) in [5.74, 6) is 0. The number of aryl methyl sites for hydroxylation is 2. The number of anilines is 2. The maximum Gasteiger partial charge on any atom is 0.0346 e. The Bertz CT molecular complexity index is 523. The Morgan fingerprint density at radius 2 is 0.955 bits per heavy atom. The zero-order valence-electron chi connectivity index (χ0n) is 12.7. The number of benzene rings is 2. The molecule has 0 bridgehead atoms. The van der Waals surface area contributed by atoms with E-state index in [1.54, 1.807) is 0 Å². The highest BCUT2D eigenvalue weighted by molar-refractivity contribution is 5.86. The maximum absolute atomic E-state index is 5.94. The molecule has 0 fully saturated rings. The largest absolute Gasteiger partial charge is 0.399 e. The number of nitrogen functional groups attached to an aromatic ring is 2. The summed E-state index contributed by atoms with van der Waals surface area (Å²) in [6, 6.07) is 12.4. The van der Waals surface area contributed by atoms with E-state index >= 15 is 0 Å². The lowest BCUT2D eigenvalue weighted by atomic mass is 9.98. The van der Waals surface area contributed by atoms with Gasteiger partial charge in [0, 0.05) is 11.4 Å². The molecule has 2 nitrogen and oxygen atoms in total. The van der Waals surface area contributed by atoms with Crippen LogP contribution in [0.25, 0.3) is 11.1 Å². The normalized spacial score (nSPS) is 8.64. The molecule has 22 heavy (non-hydrogen) atoms. The molecular weight excluding hydrogens is 362 g/mol. The first-order chi connectivity index (χ1) is 8.65. The van der Waals surface area contributed by atoms with Gasteiger partial charge in [0.15, 0.2) is 0 Å². The summed E-state index contributed by atoms with van der Waals surface area (Å²) in [4.78, 5) is 0. The minimum absolute atomic E-state index is 0. The summed E-state index contributed by atoms with van der Waals surface area (Å²) in [5, 5.41) is 0. The van der Waals surface area contributed by atoms with E-state index in [9.17, 15) is 0 Å². The van der Waals surface area contributed by atoms with Crippen molar-refractivity contribution in [3.05, 3.63) is 47.5 Å². The topological polar surface area (TPSA) is 52.0 Å². The van der Waals surface area contributed by atoms with Crippen LogP contribution in [0.4, 0.5) is 11.4 Å². The Labute approximate surface area is 157 Å². The lowest BCUT2D eigenvalue weighted by Gasteiger charge is -2.10. The van der Waals surface area contributed by atoms with Crippen LogP contribution in [0.3, 0.4) is 0 Å². The minimum atomic E-state index is 0. The SMILES string of the molecule is CCc1cc(-c2ccc(N)c(CC)c2)ccc1N.Cl.Cl.Cl.Cl. The van der Waals surface area contributed by atoms with E-state index in [-0.39, 0.29) is 49.6 Å². The van der Waals surface area contributed by atoms with Crippen LogP contribution in [-0.4, -0.2) is 0 Å². The van der Waals surface area contributed by atoms with Crippen LogP contribution in [0.1, 0.15) is 25.0 Å². The molecule has 2 aromatic rings. The van der Waals surface area contributed by atoms with Gasteiger partial charge in [-0.05, 0) is 59.4 Å². The van der Waals surface area contributed by atoms with Crippen LogP contribution in [-0.2, 0) is 12.8 Å². The van der Waals surface area contributed by atoms with Gasteiger partial charge in [0.25, 0.3) is 0 Å². The van der Waals surface area contributed by atoms with Crippen molar-refractivity contribution in [2.75, 3.05) is 11.5 Å². The third-order valence-electron chi connectivity index (χ3n) is 3.38. The highest BCUT2D eigenvalue weighted by Crippen LogP contribution is 2.27. The molecule has 6 heteroatoms. The summed E-state index contributed by atoms with van der Waals surface area (Å²) in [5.41, 5.74) is 18.4. The lowest BCUT2D eigenvalue weighted by molar-refractivity contribution is 1.14. The van der Waals surface area contributed by atoms with Gasteiger partial charge in [0.05, 0.1) is 0 Å². The van der Waals surface area contributed by atoms with Gasteiger partial charge < -0.3 is 11.5 Å². The molecule has 0 aliphatic carbocycles. The number of hydrogen-bond donors (Lipinski definition) is 2. The van der Waals surface area contributed by atoms with Gasteiger partial charge in [-0.25, -0.2) is 0 Å². The molecule has 2 rings (SSSR count). The zero-order valence-corrected chi connectivity index (χ0v) is 15.9. The average molecular weight is 386 g/mol. The first kappa shape index (κ1) is 26.1. The Kier molecular flexibility index (Phi) is 13.9. The van der Waals surface area contributed by atoms with Crippen molar-refractivity contribution < 1.29 is 0 Å². The van der Waals surface area contributed by atoms with E-state index in [2.05, 4.69) is 38.1 Å². The Morgan fingerprint density at radius 3 is 1.23 bits per heavy atom. The minimum Gasteiger partial charge on any atom is -0.399 e. The highest BCUT2D eigenvalue weighted by atomic mass is 35.5. The molecule has 2 aromatic carbocycles. The maximum atomic E-state index is 5.94. The molecule has 0 aliphatic heterocycles. The summed E-state index contributed by atoms with van der Waals surface area (Å²) in [6.45, 7) is 4.24. The van der Waals surface area contributed by atoms with Gasteiger partial charge in [-0.3, -0.25) is 0 Å². The zero-order chi connectivity index (χ0) is 13.1. The van der Waals surface area contributed by atoms with Crippen molar-refractivity contribution in [2.24, 2.45) is 0 Å².